The van der Waals surface area contributed by atoms with Gasteiger partial charge in [0, 0.05) is 18.7 Å². The summed E-state index contributed by atoms with van der Waals surface area (Å²) in [6, 6.07) is 7.80. The van der Waals surface area contributed by atoms with Gasteiger partial charge < -0.3 is 26.8 Å². The van der Waals surface area contributed by atoms with E-state index >= 15 is 0 Å². The highest BCUT2D eigenvalue weighted by Gasteiger charge is 2.21. The molecule has 9 nitrogen and oxygen atoms in total. The van der Waals surface area contributed by atoms with E-state index in [0.29, 0.717) is 24.9 Å². The summed E-state index contributed by atoms with van der Waals surface area (Å²) in [5.74, 6) is -1.20. The number of carbonyl (C=O) groups is 3. The second-order valence-electron chi connectivity index (χ2n) is 5.46. The monoisotopic (exact) mass is 363 g/mol. The third-order valence-electron chi connectivity index (χ3n) is 3.46. The van der Waals surface area contributed by atoms with E-state index in [1.54, 1.807) is 30.3 Å². The van der Waals surface area contributed by atoms with E-state index < -0.39 is 12.0 Å². The van der Waals surface area contributed by atoms with Gasteiger partial charge in [-0.05, 0) is 25.0 Å². The van der Waals surface area contributed by atoms with Crippen molar-refractivity contribution in [3.63, 3.8) is 0 Å². The van der Waals surface area contributed by atoms with Gasteiger partial charge in [-0.15, -0.1) is 0 Å². The van der Waals surface area contributed by atoms with Crippen LogP contribution in [0.25, 0.3) is 0 Å². The maximum atomic E-state index is 12.3. The summed E-state index contributed by atoms with van der Waals surface area (Å²) in [4.78, 5) is 39.6. The summed E-state index contributed by atoms with van der Waals surface area (Å²) in [5.41, 5.74) is 11.0. The predicted molar refractivity (Wildman–Crippen MR) is 97.2 cm³/mol. The van der Waals surface area contributed by atoms with Crippen molar-refractivity contribution >= 4 is 23.7 Å². The fourth-order valence-electron chi connectivity index (χ4n) is 2.12. The van der Waals surface area contributed by atoms with Crippen LogP contribution < -0.4 is 22.1 Å². The normalized spacial score (nSPS) is 11.1. The number of guanidine groups is 1. The lowest BCUT2D eigenvalue weighted by atomic mass is 10.1. The summed E-state index contributed by atoms with van der Waals surface area (Å²) < 4.78 is 4.52. The molecule has 0 aliphatic carbocycles. The number of carbonyl (C=O) groups excluding carboxylic acids is 3. The van der Waals surface area contributed by atoms with E-state index in [4.69, 9.17) is 11.5 Å². The molecule has 0 radical (unpaired) electrons. The molecule has 0 bridgehead atoms. The molecule has 26 heavy (non-hydrogen) atoms. The molecule has 0 spiro atoms. The lowest BCUT2D eigenvalue weighted by molar-refractivity contribution is -0.140. The van der Waals surface area contributed by atoms with Gasteiger partial charge in [0.1, 0.15) is 6.04 Å². The summed E-state index contributed by atoms with van der Waals surface area (Å²) in [6.45, 7) is 0.465. The van der Waals surface area contributed by atoms with Gasteiger partial charge in [0.25, 0.3) is 5.91 Å². The van der Waals surface area contributed by atoms with E-state index in [0.717, 1.165) is 0 Å². The molecule has 0 aromatic heterocycles. The molecular weight excluding hydrogens is 338 g/mol. The van der Waals surface area contributed by atoms with Crippen molar-refractivity contribution < 1.29 is 19.1 Å². The molecule has 0 unspecified atom stereocenters. The number of nitrogens with one attached hydrogen (secondary N) is 2. The van der Waals surface area contributed by atoms with Crippen LogP contribution in [0.3, 0.4) is 0 Å². The van der Waals surface area contributed by atoms with E-state index in [-0.39, 0.29) is 30.7 Å². The Bertz CT molecular complexity index is 629. The lowest BCUT2D eigenvalue weighted by Gasteiger charge is -2.18. The zero-order valence-electron chi connectivity index (χ0n) is 14.7. The molecule has 1 rings (SSSR count). The molecule has 1 aromatic carbocycles. The van der Waals surface area contributed by atoms with Crippen LogP contribution in [0, 0.1) is 0 Å². The van der Waals surface area contributed by atoms with Crippen molar-refractivity contribution in [2.45, 2.75) is 25.3 Å². The molecule has 142 valence electrons. The highest BCUT2D eigenvalue weighted by molar-refractivity contribution is 5.97. The van der Waals surface area contributed by atoms with Crippen molar-refractivity contribution in [1.29, 1.82) is 0 Å². The number of methoxy groups -OCH3 is 1. The number of amides is 2. The Morgan fingerprint density at radius 3 is 2.50 bits per heavy atom. The van der Waals surface area contributed by atoms with Gasteiger partial charge in [-0.1, -0.05) is 18.2 Å². The van der Waals surface area contributed by atoms with Crippen LogP contribution >= 0.6 is 0 Å². The van der Waals surface area contributed by atoms with Crippen LogP contribution in [0.1, 0.15) is 29.6 Å². The Hall–Kier alpha value is -3.10. The van der Waals surface area contributed by atoms with Crippen LogP contribution in [-0.2, 0) is 14.3 Å². The number of hydrogen-bond acceptors (Lipinski definition) is 5. The molecular formula is C17H25N5O4. The molecule has 2 amide bonds. The van der Waals surface area contributed by atoms with E-state index in [1.807, 2.05) is 0 Å². The maximum Gasteiger partial charge on any atom is 0.307 e. The van der Waals surface area contributed by atoms with Crippen LogP contribution in [0.5, 0.6) is 0 Å². The first-order chi connectivity index (χ1) is 12.4. The van der Waals surface area contributed by atoms with E-state index in [2.05, 4.69) is 20.4 Å². The molecule has 0 fully saturated rings. The van der Waals surface area contributed by atoms with E-state index in [9.17, 15) is 14.4 Å². The molecule has 0 aliphatic rings. The van der Waals surface area contributed by atoms with Crippen molar-refractivity contribution in [3.8, 4) is 0 Å². The van der Waals surface area contributed by atoms with Crippen molar-refractivity contribution in [1.82, 2.24) is 10.6 Å². The molecule has 1 atom stereocenters. The van der Waals surface area contributed by atoms with Crippen LogP contribution in [-0.4, -0.2) is 50.0 Å². The average molecular weight is 363 g/mol. The summed E-state index contributed by atoms with van der Waals surface area (Å²) >= 11 is 0. The maximum absolute atomic E-state index is 12.3. The minimum Gasteiger partial charge on any atom is -0.469 e. The highest BCUT2D eigenvalue weighted by atomic mass is 16.5. The number of esters is 1. The standard InChI is InChI=1S/C17H25N5O4/c1-26-14(23)9-11-20-16(25)13(8-5-10-21-17(18)19)22-15(24)12-6-3-2-4-7-12/h2-4,6-7,13H,5,8-11H2,1H3,(H,20,25)(H,22,24)(H4,18,19,21)/t13-/m0/s1. The second-order valence-corrected chi connectivity index (χ2v) is 5.46. The summed E-state index contributed by atoms with van der Waals surface area (Å²) in [7, 11) is 1.27. The lowest BCUT2D eigenvalue weighted by Crippen LogP contribution is -2.47. The quantitative estimate of drug-likeness (QED) is 0.191. The Morgan fingerprint density at radius 1 is 1.19 bits per heavy atom. The van der Waals surface area contributed by atoms with Crippen molar-refractivity contribution in [3.05, 3.63) is 35.9 Å². The van der Waals surface area contributed by atoms with Crippen molar-refractivity contribution in [2.24, 2.45) is 16.5 Å². The number of nitrogens with two attached hydrogens (primary N) is 2. The Balaban J connectivity index is 2.64. The largest absolute Gasteiger partial charge is 0.469 e. The number of hydrogen-bond donors (Lipinski definition) is 4. The van der Waals surface area contributed by atoms with Crippen LogP contribution in [0.4, 0.5) is 0 Å². The summed E-state index contributed by atoms with van der Waals surface area (Å²) in [6.07, 6.45) is 0.900. The molecule has 0 saturated heterocycles. The van der Waals surface area contributed by atoms with Gasteiger partial charge in [0.2, 0.25) is 5.91 Å². The first kappa shape index (κ1) is 20.9. The van der Waals surface area contributed by atoms with Crippen molar-refractivity contribution in [2.75, 3.05) is 20.2 Å². The molecule has 0 saturated carbocycles. The SMILES string of the molecule is COC(=O)CCNC(=O)[C@H](CCCN=C(N)N)NC(=O)c1ccccc1. The van der Waals surface area contributed by atoms with Gasteiger partial charge in [-0.2, -0.15) is 0 Å². The zero-order chi connectivity index (χ0) is 19.4. The highest BCUT2D eigenvalue weighted by Crippen LogP contribution is 2.03. The Morgan fingerprint density at radius 2 is 1.88 bits per heavy atom. The number of ether oxygens (including phenoxy) is 1. The first-order valence-corrected chi connectivity index (χ1v) is 8.20. The minimum absolute atomic E-state index is 0.0302. The van der Waals surface area contributed by atoms with Gasteiger partial charge in [0.15, 0.2) is 5.96 Å². The minimum atomic E-state index is -0.769. The predicted octanol–water partition coefficient (Wildman–Crippen LogP) is -0.482. The zero-order valence-corrected chi connectivity index (χ0v) is 14.7. The topological polar surface area (TPSA) is 149 Å². The smallest absolute Gasteiger partial charge is 0.307 e. The molecule has 0 heterocycles. The van der Waals surface area contributed by atoms with Gasteiger partial charge in [-0.25, -0.2) is 0 Å². The van der Waals surface area contributed by atoms with Gasteiger partial charge in [-0.3, -0.25) is 19.4 Å². The number of rotatable bonds is 10. The first-order valence-electron chi connectivity index (χ1n) is 8.20. The molecule has 9 heteroatoms. The van der Waals surface area contributed by atoms with Gasteiger partial charge >= 0.3 is 5.97 Å². The molecule has 0 aliphatic heterocycles. The second kappa shape index (κ2) is 11.5. The Kier molecular flexibility index (Phi) is 9.23. The van der Waals surface area contributed by atoms with Crippen LogP contribution in [0.2, 0.25) is 0 Å². The number of aliphatic imine (C=N–C) groups is 1. The van der Waals surface area contributed by atoms with E-state index in [1.165, 1.54) is 7.11 Å². The molecule has 6 N–H and O–H groups in total. The third-order valence-corrected chi connectivity index (χ3v) is 3.46. The number of nitrogens with zero attached hydrogens (tertiary/aromatic N) is 1. The summed E-state index contributed by atoms with van der Waals surface area (Å²) in [5, 5.41) is 5.31. The Labute approximate surface area is 152 Å². The third kappa shape index (κ3) is 8.13. The molecule has 1 aromatic rings. The van der Waals surface area contributed by atoms with Crippen LogP contribution in [0.15, 0.2) is 35.3 Å². The number of benzene rings is 1. The van der Waals surface area contributed by atoms with Gasteiger partial charge in [0.05, 0.1) is 13.5 Å². The fourth-order valence-corrected chi connectivity index (χ4v) is 2.12. The average Bonchev–Trinajstić information content (AvgIpc) is 2.64. The fraction of sp³-hybridized carbons (Fsp3) is 0.412.